The summed E-state index contributed by atoms with van der Waals surface area (Å²) in [5.41, 5.74) is 3.15. The summed E-state index contributed by atoms with van der Waals surface area (Å²) in [6, 6.07) is 7.96. The summed E-state index contributed by atoms with van der Waals surface area (Å²) in [4.78, 5) is 24.8. The third kappa shape index (κ3) is 7.72. The Balaban J connectivity index is 1.83. The van der Waals surface area contributed by atoms with Crippen molar-refractivity contribution in [3.63, 3.8) is 0 Å². The van der Waals surface area contributed by atoms with Gasteiger partial charge in [-0.3, -0.25) is 14.3 Å². The average Bonchev–Trinajstić information content (AvgIpc) is 3.08. The topological polar surface area (TPSA) is 76.0 Å². The summed E-state index contributed by atoms with van der Waals surface area (Å²) in [7, 11) is 0. The molecule has 2 N–H and O–H groups in total. The minimum absolute atomic E-state index is 0.0373. The Labute approximate surface area is 174 Å². The molecule has 1 unspecified atom stereocenters. The highest BCUT2D eigenvalue weighted by atomic mass is 16.2. The van der Waals surface area contributed by atoms with Crippen LogP contribution in [0.4, 0.5) is 0 Å². The number of hydrogen-bond acceptors (Lipinski definition) is 3. The number of aromatic nitrogens is 2. The van der Waals surface area contributed by atoms with Gasteiger partial charge in [0.1, 0.15) is 0 Å². The van der Waals surface area contributed by atoms with Crippen LogP contribution < -0.4 is 10.6 Å². The third-order valence-electron chi connectivity index (χ3n) is 5.01. The molecule has 0 saturated carbocycles. The predicted octanol–water partition coefficient (Wildman–Crippen LogP) is 3.03. The molecule has 2 amide bonds. The number of aryl methyl sites for hydroxylation is 3. The molecule has 0 aliphatic heterocycles. The Hall–Kier alpha value is -2.63. The number of benzene rings is 1. The molecule has 2 rings (SSSR count). The van der Waals surface area contributed by atoms with Crippen LogP contribution in [-0.2, 0) is 29.0 Å². The minimum atomic E-state index is -0.173. The lowest BCUT2D eigenvalue weighted by Gasteiger charge is -2.31. The van der Waals surface area contributed by atoms with Crippen molar-refractivity contribution in [2.75, 3.05) is 6.54 Å². The molecule has 0 aliphatic rings. The molecule has 0 bridgehead atoms. The zero-order valence-electron chi connectivity index (χ0n) is 18.3. The van der Waals surface area contributed by atoms with Gasteiger partial charge in [0, 0.05) is 25.7 Å². The predicted molar refractivity (Wildman–Crippen MR) is 116 cm³/mol. The van der Waals surface area contributed by atoms with Crippen molar-refractivity contribution in [3.8, 4) is 0 Å². The molecular weight excluding hydrogens is 364 g/mol. The molecule has 0 radical (unpaired) electrons. The van der Waals surface area contributed by atoms with Crippen molar-refractivity contribution in [2.45, 2.75) is 66.5 Å². The Morgan fingerprint density at radius 3 is 2.31 bits per heavy atom. The van der Waals surface area contributed by atoms with Gasteiger partial charge >= 0.3 is 0 Å². The lowest BCUT2D eigenvalue weighted by atomic mass is 9.86. The first-order chi connectivity index (χ1) is 13.7. The largest absolute Gasteiger partial charge is 0.354 e. The fourth-order valence-corrected chi connectivity index (χ4v) is 3.00. The maximum absolute atomic E-state index is 12.4. The summed E-state index contributed by atoms with van der Waals surface area (Å²) < 4.78 is 1.77. The SMILES string of the molecule is CCc1ccc(CC(=O)NCC(NC(=O)CCn2cc(C)cn2)C(C)(C)C)cc1. The first-order valence-electron chi connectivity index (χ1n) is 10.3. The molecule has 6 heteroatoms. The summed E-state index contributed by atoms with van der Waals surface area (Å²) in [6.07, 6.45) is 5.38. The van der Waals surface area contributed by atoms with Gasteiger partial charge in [0.2, 0.25) is 11.8 Å². The van der Waals surface area contributed by atoms with Crippen LogP contribution in [0.3, 0.4) is 0 Å². The normalized spacial score (nSPS) is 12.4. The number of hydrogen-bond donors (Lipinski definition) is 2. The number of nitrogens with one attached hydrogen (secondary N) is 2. The van der Waals surface area contributed by atoms with Gasteiger partial charge in [-0.25, -0.2) is 0 Å². The van der Waals surface area contributed by atoms with E-state index in [-0.39, 0.29) is 23.3 Å². The number of rotatable bonds is 9. The molecule has 0 saturated heterocycles. The van der Waals surface area contributed by atoms with E-state index in [1.165, 1.54) is 5.56 Å². The van der Waals surface area contributed by atoms with Gasteiger partial charge in [-0.2, -0.15) is 5.10 Å². The zero-order chi connectivity index (χ0) is 21.4. The highest BCUT2D eigenvalue weighted by Crippen LogP contribution is 2.19. The second-order valence-electron chi connectivity index (χ2n) is 8.67. The molecule has 0 fully saturated rings. The maximum atomic E-state index is 12.4. The van der Waals surface area contributed by atoms with Gasteiger partial charge in [-0.1, -0.05) is 52.0 Å². The van der Waals surface area contributed by atoms with E-state index in [9.17, 15) is 9.59 Å². The zero-order valence-corrected chi connectivity index (χ0v) is 18.3. The summed E-state index contributed by atoms with van der Waals surface area (Å²) in [5.74, 6) is -0.0766. The molecule has 29 heavy (non-hydrogen) atoms. The second kappa shape index (κ2) is 10.2. The van der Waals surface area contributed by atoms with E-state index in [4.69, 9.17) is 0 Å². The van der Waals surface area contributed by atoms with Crippen LogP contribution in [0.1, 0.15) is 50.8 Å². The molecular formula is C23H34N4O2. The van der Waals surface area contributed by atoms with Gasteiger partial charge in [0.05, 0.1) is 18.7 Å². The van der Waals surface area contributed by atoms with Crippen molar-refractivity contribution >= 4 is 11.8 Å². The van der Waals surface area contributed by atoms with Gasteiger partial charge in [0.15, 0.2) is 0 Å². The number of nitrogens with zero attached hydrogens (tertiary/aromatic N) is 2. The summed E-state index contributed by atoms with van der Waals surface area (Å²) in [6.45, 7) is 11.2. The Morgan fingerprint density at radius 2 is 1.76 bits per heavy atom. The second-order valence-corrected chi connectivity index (χ2v) is 8.67. The highest BCUT2D eigenvalue weighted by Gasteiger charge is 2.26. The van der Waals surface area contributed by atoms with Crippen molar-refractivity contribution < 1.29 is 9.59 Å². The van der Waals surface area contributed by atoms with Gasteiger partial charge < -0.3 is 10.6 Å². The van der Waals surface area contributed by atoms with Crippen molar-refractivity contribution in [1.29, 1.82) is 0 Å². The lowest BCUT2D eigenvalue weighted by molar-refractivity contribution is -0.124. The molecule has 2 aromatic rings. The number of carbonyl (C=O) groups is 2. The highest BCUT2D eigenvalue weighted by molar-refractivity contribution is 5.79. The van der Waals surface area contributed by atoms with E-state index >= 15 is 0 Å². The first-order valence-corrected chi connectivity index (χ1v) is 10.3. The van der Waals surface area contributed by atoms with E-state index < -0.39 is 0 Å². The molecule has 0 aliphatic carbocycles. The molecule has 1 atom stereocenters. The Kier molecular flexibility index (Phi) is 8.00. The first kappa shape index (κ1) is 22.7. The van der Waals surface area contributed by atoms with Crippen LogP contribution >= 0.6 is 0 Å². The van der Waals surface area contributed by atoms with Crippen molar-refractivity contribution in [1.82, 2.24) is 20.4 Å². The molecule has 1 aromatic heterocycles. The van der Waals surface area contributed by atoms with E-state index in [0.29, 0.717) is 25.9 Å². The van der Waals surface area contributed by atoms with Crippen LogP contribution in [0.15, 0.2) is 36.7 Å². The minimum Gasteiger partial charge on any atom is -0.354 e. The number of carbonyl (C=O) groups excluding carboxylic acids is 2. The van der Waals surface area contributed by atoms with Crippen LogP contribution in [0.25, 0.3) is 0 Å². The molecule has 6 nitrogen and oxygen atoms in total. The number of amides is 2. The van der Waals surface area contributed by atoms with Gasteiger partial charge in [-0.15, -0.1) is 0 Å². The quantitative estimate of drug-likeness (QED) is 0.682. The van der Waals surface area contributed by atoms with E-state index in [1.807, 2.05) is 25.3 Å². The van der Waals surface area contributed by atoms with Gasteiger partial charge in [0.25, 0.3) is 0 Å². The van der Waals surface area contributed by atoms with Gasteiger partial charge in [-0.05, 0) is 35.4 Å². The monoisotopic (exact) mass is 398 g/mol. The average molecular weight is 399 g/mol. The summed E-state index contributed by atoms with van der Waals surface area (Å²) >= 11 is 0. The standard InChI is InChI=1S/C23H34N4O2/c1-6-18-7-9-19(10-8-18)13-22(29)24-15-20(23(3,4)5)26-21(28)11-12-27-16-17(2)14-25-27/h7-10,14,16,20H,6,11-13,15H2,1-5H3,(H,24,29)(H,26,28). The van der Waals surface area contributed by atoms with E-state index in [0.717, 1.165) is 17.5 Å². The molecule has 158 valence electrons. The molecule has 1 heterocycles. The van der Waals surface area contributed by atoms with Crippen LogP contribution in [0.5, 0.6) is 0 Å². The summed E-state index contributed by atoms with van der Waals surface area (Å²) in [5, 5.41) is 10.3. The van der Waals surface area contributed by atoms with Crippen molar-refractivity contribution in [3.05, 3.63) is 53.3 Å². The molecule has 1 aromatic carbocycles. The Morgan fingerprint density at radius 1 is 1.10 bits per heavy atom. The van der Waals surface area contributed by atoms with E-state index in [2.05, 4.69) is 55.6 Å². The van der Waals surface area contributed by atoms with Crippen LogP contribution in [0, 0.1) is 12.3 Å². The van der Waals surface area contributed by atoms with Crippen LogP contribution in [0.2, 0.25) is 0 Å². The lowest BCUT2D eigenvalue weighted by Crippen LogP contribution is -2.51. The fraction of sp³-hybridized carbons (Fsp3) is 0.522. The van der Waals surface area contributed by atoms with Crippen molar-refractivity contribution in [2.24, 2.45) is 5.41 Å². The maximum Gasteiger partial charge on any atom is 0.224 e. The fourth-order valence-electron chi connectivity index (χ4n) is 3.00. The van der Waals surface area contributed by atoms with E-state index in [1.54, 1.807) is 10.9 Å². The molecule has 0 spiro atoms. The van der Waals surface area contributed by atoms with Crippen LogP contribution in [-0.4, -0.2) is 34.2 Å². The Bertz CT molecular complexity index is 803. The smallest absolute Gasteiger partial charge is 0.224 e. The third-order valence-corrected chi connectivity index (χ3v) is 5.01.